The number of fused-ring (bicyclic) bond motifs is 1. The monoisotopic (exact) mass is 274 g/mol. The van der Waals surface area contributed by atoms with Crippen molar-refractivity contribution in [3.63, 3.8) is 0 Å². The third kappa shape index (κ3) is 3.20. The maximum Gasteiger partial charge on any atom is 0.317 e. The molecule has 0 bridgehead atoms. The summed E-state index contributed by atoms with van der Waals surface area (Å²) >= 11 is 0. The van der Waals surface area contributed by atoms with E-state index in [1.807, 2.05) is 11.1 Å². The van der Waals surface area contributed by atoms with Crippen molar-refractivity contribution in [3.8, 4) is 0 Å². The van der Waals surface area contributed by atoms with E-state index in [0.29, 0.717) is 6.54 Å². The Morgan fingerprint density at radius 1 is 1.30 bits per heavy atom. The fraction of sp³-hybridized carbons (Fsp3) is 0.438. The van der Waals surface area contributed by atoms with E-state index >= 15 is 0 Å². The van der Waals surface area contributed by atoms with Crippen molar-refractivity contribution >= 4 is 16.9 Å². The van der Waals surface area contributed by atoms with Crippen LogP contribution in [-0.2, 0) is 17.8 Å². The number of nitrogens with zero attached hydrogens (tertiary/aromatic N) is 1. The molecule has 2 rings (SSSR count). The smallest absolute Gasteiger partial charge is 0.317 e. The van der Waals surface area contributed by atoms with E-state index in [-0.39, 0.29) is 6.54 Å². The highest BCUT2D eigenvalue weighted by molar-refractivity contribution is 5.86. The lowest BCUT2D eigenvalue weighted by Gasteiger charge is -2.18. The van der Waals surface area contributed by atoms with E-state index < -0.39 is 5.97 Å². The minimum Gasteiger partial charge on any atom is -0.480 e. The zero-order chi connectivity index (χ0) is 14.5. The van der Waals surface area contributed by atoms with Crippen LogP contribution in [-0.4, -0.2) is 34.0 Å². The summed E-state index contributed by atoms with van der Waals surface area (Å²) in [6, 6.07) is 6.30. The van der Waals surface area contributed by atoms with E-state index in [9.17, 15) is 4.79 Å². The summed E-state index contributed by atoms with van der Waals surface area (Å²) < 4.78 is 0. The number of hydrogen-bond donors (Lipinski definition) is 2. The number of aromatic amines is 1. The second-order valence-corrected chi connectivity index (χ2v) is 5.11. The molecule has 1 aromatic carbocycles. The maximum absolute atomic E-state index is 10.9. The molecule has 1 heterocycles. The number of nitrogens with one attached hydrogen (secondary N) is 1. The quantitative estimate of drug-likeness (QED) is 0.816. The Morgan fingerprint density at radius 2 is 2.10 bits per heavy atom. The highest BCUT2D eigenvalue weighted by Crippen LogP contribution is 2.23. The summed E-state index contributed by atoms with van der Waals surface area (Å²) in [5.74, 6) is -0.771. The first-order valence-corrected chi connectivity index (χ1v) is 7.17. The molecule has 4 nitrogen and oxygen atoms in total. The number of carboxylic acids is 1. The molecule has 4 heteroatoms. The molecule has 0 atom stereocenters. The van der Waals surface area contributed by atoms with Gasteiger partial charge in [-0.15, -0.1) is 0 Å². The van der Waals surface area contributed by atoms with Gasteiger partial charge in [-0.05, 0) is 30.5 Å². The number of carbonyl (C=O) groups is 1. The number of aromatic nitrogens is 1. The molecule has 0 radical (unpaired) electrons. The average molecular weight is 274 g/mol. The van der Waals surface area contributed by atoms with Crippen molar-refractivity contribution in [1.82, 2.24) is 9.88 Å². The first kappa shape index (κ1) is 14.6. The van der Waals surface area contributed by atoms with Crippen LogP contribution in [0, 0.1) is 0 Å². The molecule has 0 amide bonds. The Bertz CT molecular complexity index is 589. The topological polar surface area (TPSA) is 56.3 Å². The number of hydrogen-bond acceptors (Lipinski definition) is 2. The Labute approximate surface area is 119 Å². The summed E-state index contributed by atoms with van der Waals surface area (Å²) in [4.78, 5) is 16.2. The third-order valence-corrected chi connectivity index (χ3v) is 3.56. The van der Waals surface area contributed by atoms with E-state index in [0.717, 1.165) is 19.4 Å². The summed E-state index contributed by atoms with van der Waals surface area (Å²) in [6.07, 6.45) is 3.95. The molecule has 2 N–H and O–H groups in total. The largest absolute Gasteiger partial charge is 0.480 e. The molecule has 108 valence electrons. The predicted octanol–water partition coefficient (Wildman–Crippen LogP) is 3.03. The number of rotatable bonds is 7. The van der Waals surface area contributed by atoms with Crippen LogP contribution in [0.4, 0.5) is 0 Å². The van der Waals surface area contributed by atoms with E-state index in [1.54, 1.807) is 0 Å². The van der Waals surface area contributed by atoms with E-state index in [2.05, 4.69) is 37.0 Å². The van der Waals surface area contributed by atoms with Crippen LogP contribution >= 0.6 is 0 Å². The molecule has 0 spiro atoms. The molecular formula is C16H22N2O2. The Morgan fingerprint density at radius 3 is 2.75 bits per heavy atom. The van der Waals surface area contributed by atoms with Gasteiger partial charge in [-0.1, -0.05) is 32.0 Å². The van der Waals surface area contributed by atoms with Crippen LogP contribution in [0.15, 0.2) is 24.4 Å². The highest BCUT2D eigenvalue weighted by Gasteiger charge is 2.13. The summed E-state index contributed by atoms with van der Waals surface area (Å²) in [5.41, 5.74) is 3.65. The van der Waals surface area contributed by atoms with Gasteiger partial charge < -0.3 is 10.1 Å². The fourth-order valence-corrected chi connectivity index (χ4v) is 2.66. The van der Waals surface area contributed by atoms with Crippen LogP contribution < -0.4 is 0 Å². The summed E-state index contributed by atoms with van der Waals surface area (Å²) in [7, 11) is 0. The van der Waals surface area contributed by atoms with Gasteiger partial charge in [0.2, 0.25) is 0 Å². The SMILES string of the molecule is CCCN(CC(=O)O)Cc1c[nH]c2c(CC)cccc12. The molecule has 0 aliphatic heterocycles. The highest BCUT2D eigenvalue weighted by atomic mass is 16.4. The lowest BCUT2D eigenvalue weighted by atomic mass is 10.1. The average Bonchev–Trinajstić information content (AvgIpc) is 2.81. The number of para-hydroxylation sites is 1. The van der Waals surface area contributed by atoms with Crippen LogP contribution in [0.5, 0.6) is 0 Å². The summed E-state index contributed by atoms with van der Waals surface area (Å²) in [6.45, 7) is 5.77. The zero-order valence-corrected chi connectivity index (χ0v) is 12.1. The third-order valence-electron chi connectivity index (χ3n) is 3.56. The Hall–Kier alpha value is -1.81. The molecule has 0 saturated carbocycles. The maximum atomic E-state index is 10.9. The van der Waals surface area contributed by atoms with Gasteiger partial charge in [0.25, 0.3) is 0 Å². The van der Waals surface area contributed by atoms with Crippen molar-refractivity contribution < 1.29 is 9.90 Å². The molecular weight excluding hydrogens is 252 g/mol. The van der Waals surface area contributed by atoms with Crippen molar-refractivity contribution in [3.05, 3.63) is 35.5 Å². The number of aliphatic carboxylic acids is 1. The molecule has 0 saturated heterocycles. The second-order valence-electron chi connectivity index (χ2n) is 5.11. The van der Waals surface area contributed by atoms with Crippen molar-refractivity contribution in [2.45, 2.75) is 33.2 Å². The molecule has 0 aliphatic rings. The van der Waals surface area contributed by atoms with Gasteiger partial charge in [-0.2, -0.15) is 0 Å². The zero-order valence-electron chi connectivity index (χ0n) is 12.1. The van der Waals surface area contributed by atoms with Gasteiger partial charge in [0, 0.05) is 23.6 Å². The van der Waals surface area contributed by atoms with Gasteiger partial charge in [0.1, 0.15) is 0 Å². The van der Waals surface area contributed by atoms with E-state index in [1.165, 1.54) is 22.0 Å². The van der Waals surface area contributed by atoms with Gasteiger partial charge in [0.05, 0.1) is 6.54 Å². The molecule has 0 unspecified atom stereocenters. The van der Waals surface area contributed by atoms with Crippen LogP contribution in [0.2, 0.25) is 0 Å². The van der Waals surface area contributed by atoms with Gasteiger partial charge in [-0.25, -0.2) is 0 Å². The molecule has 0 fully saturated rings. The molecule has 1 aromatic heterocycles. The first-order chi connectivity index (χ1) is 9.65. The number of benzene rings is 1. The number of carboxylic acid groups (broad SMARTS) is 1. The van der Waals surface area contributed by atoms with Gasteiger partial charge >= 0.3 is 5.97 Å². The molecule has 0 aliphatic carbocycles. The number of aryl methyl sites for hydroxylation is 1. The fourth-order valence-electron chi connectivity index (χ4n) is 2.66. The normalized spacial score (nSPS) is 11.3. The van der Waals surface area contributed by atoms with Crippen molar-refractivity contribution in [2.75, 3.05) is 13.1 Å². The van der Waals surface area contributed by atoms with Crippen LogP contribution in [0.1, 0.15) is 31.4 Å². The standard InChI is InChI=1S/C16H22N2O2/c1-3-8-18(11-15(19)20)10-13-9-17-16-12(4-2)6-5-7-14(13)16/h5-7,9,17H,3-4,8,10-11H2,1-2H3,(H,19,20). The predicted molar refractivity (Wildman–Crippen MR) is 80.9 cm³/mol. The van der Waals surface area contributed by atoms with Crippen LogP contribution in [0.25, 0.3) is 10.9 Å². The Kier molecular flexibility index (Phi) is 4.79. The van der Waals surface area contributed by atoms with Gasteiger partial charge in [0.15, 0.2) is 0 Å². The minimum atomic E-state index is -0.771. The minimum absolute atomic E-state index is 0.0913. The van der Waals surface area contributed by atoms with Crippen molar-refractivity contribution in [1.29, 1.82) is 0 Å². The summed E-state index contributed by atoms with van der Waals surface area (Å²) in [5, 5.41) is 10.2. The van der Waals surface area contributed by atoms with Crippen LogP contribution in [0.3, 0.4) is 0 Å². The number of H-pyrrole nitrogens is 1. The van der Waals surface area contributed by atoms with E-state index in [4.69, 9.17) is 5.11 Å². The van der Waals surface area contributed by atoms with Crippen molar-refractivity contribution in [2.24, 2.45) is 0 Å². The molecule has 20 heavy (non-hydrogen) atoms. The lowest BCUT2D eigenvalue weighted by Crippen LogP contribution is -2.29. The lowest BCUT2D eigenvalue weighted by molar-refractivity contribution is -0.138. The second kappa shape index (κ2) is 6.57. The molecule has 2 aromatic rings. The Balaban J connectivity index is 2.26. The van der Waals surface area contributed by atoms with Gasteiger partial charge in [-0.3, -0.25) is 9.69 Å². The first-order valence-electron chi connectivity index (χ1n) is 7.17.